The van der Waals surface area contributed by atoms with Gasteiger partial charge in [-0.25, -0.2) is 5.43 Å². The van der Waals surface area contributed by atoms with Gasteiger partial charge in [-0.15, -0.1) is 0 Å². The Morgan fingerprint density at radius 2 is 1.39 bits per heavy atom. The zero-order chi connectivity index (χ0) is 19.2. The normalized spacial score (nSPS) is 17.6. The molecule has 1 N–H and O–H groups in total. The first kappa shape index (κ1) is 17.9. The van der Waals surface area contributed by atoms with Crippen molar-refractivity contribution in [2.75, 3.05) is 0 Å². The summed E-state index contributed by atoms with van der Waals surface area (Å²) in [7, 11) is 0. The smallest absolute Gasteiger partial charge is 0.244 e. The summed E-state index contributed by atoms with van der Waals surface area (Å²) in [6, 6.07) is 30.5. The molecule has 0 spiro atoms. The number of amides is 1. The van der Waals surface area contributed by atoms with Gasteiger partial charge in [0.05, 0.1) is 5.92 Å². The topological polar surface area (TPSA) is 41.5 Å². The summed E-state index contributed by atoms with van der Waals surface area (Å²) in [4.78, 5) is 12.8. The largest absolute Gasteiger partial charge is 0.273 e. The number of carbonyl (C=O) groups is 1. The standard InChI is InChI=1S/C25H22N2O/c28-24(27-26-18-10-13-20-11-4-1-5-12-20)23-19-25(23,21-14-6-2-7-15-21)22-16-8-3-9-17-22/h1-18,23H,19H2,(H,27,28). The van der Waals surface area contributed by atoms with Crippen molar-refractivity contribution in [1.82, 2.24) is 5.43 Å². The maximum absolute atomic E-state index is 12.8. The van der Waals surface area contributed by atoms with E-state index < -0.39 is 0 Å². The van der Waals surface area contributed by atoms with Crippen LogP contribution in [0.3, 0.4) is 0 Å². The van der Waals surface area contributed by atoms with Crippen LogP contribution in [-0.2, 0) is 10.2 Å². The van der Waals surface area contributed by atoms with E-state index in [0.29, 0.717) is 0 Å². The first-order valence-electron chi connectivity index (χ1n) is 9.46. The van der Waals surface area contributed by atoms with Crippen LogP contribution in [0.5, 0.6) is 0 Å². The minimum absolute atomic E-state index is 0.0444. The Hall–Kier alpha value is -3.46. The molecule has 3 aromatic carbocycles. The second-order valence-electron chi connectivity index (χ2n) is 6.98. The molecule has 0 aliphatic heterocycles. The molecule has 0 heterocycles. The molecule has 1 unspecified atom stereocenters. The summed E-state index contributed by atoms with van der Waals surface area (Å²) in [6.45, 7) is 0. The summed E-state index contributed by atoms with van der Waals surface area (Å²) >= 11 is 0. The molecule has 1 atom stereocenters. The average Bonchev–Trinajstić information content (AvgIpc) is 3.53. The van der Waals surface area contributed by atoms with Gasteiger partial charge in [0.25, 0.3) is 0 Å². The molecular weight excluding hydrogens is 344 g/mol. The highest BCUT2D eigenvalue weighted by molar-refractivity contribution is 5.87. The molecule has 0 bridgehead atoms. The highest BCUT2D eigenvalue weighted by Gasteiger charge is 2.60. The molecule has 1 fully saturated rings. The van der Waals surface area contributed by atoms with Gasteiger partial charge in [-0.05, 0) is 29.2 Å². The van der Waals surface area contributed by atoms with Crippen LogP contribution in [0.15, 0.2) is 102 Å². The van der Waals surface area contributed by atoms with Gasteiger partial charge in [-0.2, -0.15) is 5.10 Å². The molecule has 138 valence electrons. The first-order valence-corrected chi connectivity index (χ1v) is 9.46. The van der Waals surface area contributed by atoms with Crippen molar-refractivity contribution in [1.29, 1.82) is 0 Å². The van der Waals surface area contributed by atoms with Crippen LogP contribution in [0.25, 0.3) is 6.08 Å². The zero-order valence-electron chi connectivity index (χ0n) is 15.5. The van der Waals surface area contributed by atoms with Gasteiger partial charge in [-0.3, -0.25) is 4.79 Å². The molecule has 1 aliphatic rings. The van der Waals surface area contributed by atoms with Gasteiger partial charge in [0.2, 0.25) is 5.91 Å². The fourth-order valence-corrected chi connectivity index (χ4v) is 3.80. The molecule has 4 rings (SSSR count). The molecule has 0 radical (unpaired) electrons. The van der Waals surface area contributed by atoms with E-state index in [1.807, 2.05) is 78.9 Å². The number of benzene rings is 3. The van der Waals surface area contributed by atoms with Crippen molar-refractivity contribution in [3.8, 4) is 0 Å². The van der Waals surface area contributed by atoms with Crippen LogP contribution in [0.2, 0.25) is 0 Å². The number of nitrogens with zero attached hydrogens (tertiary/aromatic N) is 1. The van der Waals surface area contributed by atoms with E-state index in [2.05, 4.69) is 34.8 Å². The lowest BCUT2D eigenvalue weighted by atomic mass is 9.85. The van der Waals surface area contributed by atoms with Crippen LogP contribution < -0.4 is 5.43 Å². The molecule has 3 heteroatoms. The number of rotatable bonds is 6. The fourth-order valence-electron chi connectivity index (χ4n) is 3.80. The Bertz CT molecular complexity index is 939. The van der Waals surface area contributed by atoms with Gasteiger partial charge in [0, 0.05) is 11.6 Å². The number of allylic oxidation sites excluding steroid dienone is 1. The summed E-state index contributed by atoms with van der Waals surface area (Å²) in [5.74, 6) is -0.162. The number of carbonyl (C=O) groups excluding carboxylic acids is 1. The van der Waals surface area contributed by atoms with E-state index in [-0.39, 0.29) is 17.2 Å². The van der Waals surface area contributed by atoms with Crippen molar-refractivity contribution in [3.63, 3.8) is 0 Å². The third kappa shape index (κ3) is 3.65. The lowest BCUT2D eigenvalue weighted by Gasteiger charge is -2.18. The van der Waals surface area contributed by atoms with Gasteiger partial charge in [0.1, 0.15) is 0 Å². The predicted molar refractivity (Wildman–Crippen MR) is 114 cm³/mol. The van der Waals surface area contributed by atoms with Crippen LogP contribution in [0.4, 0.5) is 0 Å². The maximum Gasteiger partial charge on any atom is 0.244 e. The molecule has 28 heavy (non-hydrogen) atoms. The minimum atomic E-state index is -0.262. The van der Waals surface area contributed by atoms with Crippen LogP contribution in [0, 0.1) is 5.92 Å². The Balaban J connectivity index is 1.46. The summed E-state index contributed by atoms with van der Waals surface area (Å²) in [5, 5.41) is 4.09. The molecule has 3 nitrogen and oxygen atoms in total. The van der Waals surface area contributed by atoms with Gasteiger partial charge < -0.3 is 0 Å². The van der Waals surface area contributed by atoms with Gasteiger partial charge in [-0.1, -0.05) is 97.1 Å². The molecule has 0 saturated heterocycles. The minimum Gasteiger partial charge on any atom is -0.273 e. The summed E-state index contributed by atoms with van der Waals surface area (Å²) in [5.41, 5.74) is 5.89. The Labute approximate surface area is 165 Å². The predicted octanol–water partition coefficient (Wildman–Crippen LogP) is 4.81. The van der Waals surface area contributed by atoms with E-state index in [0.717, 1.165) is 12.0 Å². The average molecular weight is 366 g/mol. The molecule has 1 saturated carbocycles. The third-order valence-electron chi connectivity index (χ3n) is 5.28. The molecule has 1 aliphatic carbocycles. The molecule has 1 amide bonds. The first-order chi connectivity index (χ1) is 13.8. The van der Waals surface area contributed by atoms with E-state index in [4.69, 9.17) is 0 Å². The molecular formula is C25H22N2O. The third-order valence-corrected chi connectivity index (χ3v) is 5.28. The number of nitrogens with one attached hydrogen (secondary N) is 1. The summed E-state index contributed by atoms with van der Waals surface area (Å²) in [6.07, 6.45) is 6.18. The Morgan fingerprint density at radius 3 is 1.96 bits per heavy atom. The Morgan fingerprint density at radius 1 is 0.857 bits per heavy atom. The van der Waals surface area contributed by atoms with Crippen molar-refractivity contribution in [2.45, 2.75) is 11.8 Å². The van der Waals surface area contributed by atoms with E-state index in [1.165, 1.54) is 11.1 Å². The number of hydrogen-bond donors (Lipinski definition) is 1. The van der Waals surface area contributed by atoms with Crippen molar-refractivity contribution in [2.24, 2.45) is 11.0 Å². The number of hydrazone groups is 1. The monoisotopic (exact) mass is 366 g/mol. The highest BCUT2D eigenvalue weighted by Crippen LogP contribution is 2.58. The summed E-state index contributed by atoms with van der Waals surface area (Å²) < 4.78 is 0. The lowest BCUT2D eigenvalue weighted by Crippen LogP contribution is -2.25. The van der Waals surface area contributed by atoms with Gasteiger partial charge in [0.15, 0.2) is 0 Å². The van der Waals surface area contributed by atoms with Gasteiger partial charge >= 0.3 is 0 Å². The van der Waals surface area contributed by atoms with Crippen LogP contribution in [0.1, 0.15) is 23.1 Å². The number of hydrogen-bond acceptors (Lipinski definition) is 2. The maximum atomic E-state index is 12.8. The van der Waals surface area contributed by atoms with Crippen LogP contribution in [-0.4, -0.2) is 12.1 Å². The Kier molecular flexibility index (Phi) is 5.16. The van der Waals surface area contributed by atoms with E-state index >= 15 is 0 Å². The molecule has 0 aromatic heterocycles. The zero-order valence-corrected chi connectivity index (χ0v) is 15.5. The van der Waals surface area contributed by atoms with Crippen LogP contribution >= 0.6 is 0 Å². The van der Waals surface area contributed by atoms with Crippen molar-refractivity contribution in [3.05, 3.63) is 114 Å². The van der Waals surface area contributed by atoms with Crippen molar-refractivity contribution >= 4 is 18.2 Å². The highest BCUT2D eigenvalue weighted by atomic mass is 16.2. The molecule has 3 aromatic rings. The SMILES string of the molecule is O=C(NN=CC=Cc1ccccc1)C1CC1(c1ccccc1)c1ccccc1. The second-order valence-corrected chi connectivity index (χ2v) is 6.98. The fraction of sp³-hybridized carbons (Fsp3) is 0.120. The van der Waals surface area contributed by atoms with E-state index in [9.17, 15) is 4.79 Å². The quantitative estimate of drug-likeness (QED) is 0.494. The van der Waals surface area contributed by atoms with Crippen molar-refractivity contribution < 1.29 is 4.79 Å². The van der Waals surface area contributed by atoms with E-state index in [1.54, 1.807) is 6.21 Å². The lowest BCUT2D eigenvalue weighted by molar-refractivity contribution is -0.122. The second kappa shape index (κ2) is 8.05.